The fourth-order valence-corrected chi connectivity index (χ4v) is 5.61. The van der Waals surface area contributed by atoms with Crippen molar-refractivity contribution in [1.82, 2.24) is 0 Å². The quantitative estimate of drug-likeness (QED) is 0.211. The largest absolute Gasteiger partial charge is 0.422 e. The molecule has 0 amide bonds. The molecule has 0 aliphatic heterocycles. The van der Waals surface area contributed by atoms with Gasteiger partial charge in [-0.1, -0.05) is 75.8 Å². The number of alkyl halides is 3. The Hall–Kier alpha value is -2.50. The minimum Gasteiger partial charge on any atom is -0.206 e. The van der Waals surface area contributed by atoms with Gasteiger partial charge >= 0.3 is 6.18 Å². The van der Waals surface area contributed by atoms with Gasteiger partial charge in [-0.15, -0.1) is 0 Å². The zero-order chi connectivity index (χ0) is 25.9. The van der Waals surface area contributed by atoms with Gasteiger partial charge in [0.2, 0.25) is 0 Å². The summed E-state index contributed by atoms with van der Waals surface area (Å²) in [7, 11) is 0. The van der Waals surface area contributed by atoms with Gasteiger partial charge < -0.3 is 0 Å². The highest BCUT2D eigenvalue weighted by Crippen LogP contribution is 2.40. The van der Waals surface area contributed by atoms with E-state index in [1.54, 1.807) is 12.1 Å². The van der Waals surface area contributed by atoms with E-state index in [0.29, 0.717) is 23.4 Å². The first-order valence-corrected chi connectivity index (χ1v) is 13.0. The molecule has 0 radical (unpaired) electrons. The summed E-state index contributed by atoms with van der Waals surface area (Å²) in [5.74, 6) is -3.02. The second kappa shape index (κ2) is 11.3. The smallest absolute Gasteiger partial charge is 0.206 e. The number of unbranched alkanes of at least 4 members (excludes halogenated alkanes) is 4. The van der Waals surface area contributed by atoms with Gasteiger partial charge in [-0.25, -0.2) is 13.2 Å². The van der Waals surface area contributed by atoms with E-state index >= 15 is 4.39 Å². The van der Waals surface area contributed by atoms with Gasteiger partial charge in [0.25, 0.3) is 0 Å². The van der Waals surface area contributed by atoms with Crippen molar-refractivity contribution in [3.63, 3.8) is 0 Å². The molecule has 3 aromatic rings. The first kappa shape index (κ1) is 26.6. The molecule has 194 valence electrons. The Morgan fingerprint density at radius 2 is 1.44 bits per heavy atom. The van der Waals surface area contributed by atoms with Crippen molar-refractivity contribution in [2.75, 3.05) is 0 Å². The third-order valence-electron chi connectivity index (χ3n) is 7.65. The van der Waals surface area contributed by atoms with Gasteiger partial charge in [-0.05, 0) is 66.2 Å². The average molecular weight is 507 g/mol. The summed E-state index contributed by atoms with van der Waals surface area (Å²) in [6, 6.07) is 9.63. The van der Waals surface area contributed by atoms with Crippen LogP contribution in [0.3, 0.4) is 0 Å². The van der Waals surface area contributed by atoms with Crippen LogP contribution in [0, 0.1) is 23.4 Å². The van der Waals surface area contributed by atoms with Crippen LogP contribution in [0.4, 0.5) is 26.3 Å². The monoisotopic (exact) mass is 506 g/mol. The predicted octanol–water partition coefficient (Wildman–Crippen LogP) is 10.6. The van der Waals surface area contributed by atoms with Crippen LogP contribution < -0.4 is 0 Å². The van der Waals surface area contributed by atoms with Crippen LogP contribution in [0.25, 0.3) is 21.9 Å². The summed E-state index contributed by atoms with van der Waals surface area (Å²) in [5, 5.41) is 0.942. The highest BCUT2D eigenvalue weighted by Gasteiger charge is 2.38. The summed E-state index contributed by atoms with van der Waals surface area (Å²) in [4.78, 5) is 0. The molecule has 0 heterocycles. The van der Waals surface area contributed by atoms with Crippen LogP contribution in [-0.2, 0) is 6.18 Å². The van der Waals surface area contributed by atoms with Crippen molar-refractivity contribution < 1.29 is 26.3 Å². The fraction of sp³-hybridized carbons (Fsp3) is 0.467. The lowest BCUT2D eigenvalue weighted by atomic mass is 9.76. The van der Waals surface area contributed by atoms with Crippen molar-refractivity contribution in [3.05, 3.63) is 71.0 Å². The molecule has 1 fully saturated rings. The molecule has 1 saturated carbocycles. The molecule has 4 rings (SSSR count). The summed E-state index contributed by atoms with van der Waals surface area (Å²) < 4.78 is 82.1. The zero-order valence-electron chi connectivity index (χ0n) is 20.5. The number of halogens is 6. The molecule has 6 heteroatoms. The Balaban J connectivity index is 1.48. The van der Waals surface area contributed by atoms with Gasteiger partial charge in [-0.2, -0.15) is 13.2 Å². The Morgan fingerprint density at radius 3 is 2.08 bits per heavy atom. The molecule has 1 aliphatic carbocycles. The summed E-state index contributed by atoms with van der Waals surface area (Å²) in [6.07, 6.45) is 7.27. The summed E-state index contributed by atoms with van der Waals surface area (Å²) in [6.45, 7) is 2.23. The zero-order valence-corrected chi connectivity index (χ0v) is 20.5. The Bertz CT molecular complexity index is 1160. The van der Waals surface area contributed by atoms with E-state index in [2.05, 4.69) is 6.92 Å². The molecule has 0 spiro atoms. The predicted molar refractivity (Wildman–Crippen MR) is 132 cm³/mol. The second-order valence-electron chi connectivity index (χ2n) is 10.1. The number of fused-ring (bicyclic) bond motifs is 1. The number of hydrogen-bond acceptors (Lipinski definition) is 0. The lowest BCUT2D eigenvalue weighted by Crippen LogP contribution is -2.13. The third kappa shape index (κ3) is 5.90. The number of benzene rings is 3. The molecule has 0 bridgehead atoms. The average Bonchev–Trinajstić information content (AvgIpc) is 2.83. The molecule has 3 aromatic carbocycles. The maximum absolute atomic E-state index is 15.3. The molecule has 0 aromatic heterocycles. The van der Waals surface area contributed by atoms with E-state index < -0.39 is 29.2 Å². The highest BCUT2D eigenvalue weighted by molar-refractivity contribution is 5.89. The van der Waals surface area contributed by atoms with E-state index in [1.807, 2.05) is 12.1 Å². The minimum absolute atomic E-state index is 0.138. The van der Waals surface area contributed by atoms with Gasteiger partial charge in [-0.3, -0.25) is 0 Å². The van der Waals surface area contributed by atoms with Gasteiger partial charge in [0, 0.05) is 10.9 Å². The van der Waals surface area contributed by atoms with Crippen LogP contribution in [0.1, 0.15) is 88.2 Å². The first-order chi connectivity index (χ1) is 17.2. The molecule has 0 N–H and O–H groups in total. The van der Waals surface area contributed by atoms with Crippen molar-refractivity contribution in [3.8, 4) is 11.1 Å². The van der Waals surface area contributed by atoms with E-state index in [1.165, 1.54) is 57.4 Å². The Kier molecular flexibility index (Phi) is 8.31. The molecule has 0 unspecified atom stereocenters. The normalized spacial score (nSPS) is 18.6. The molecular formula is C30H32F6. The Labute approximate surface area is 208 Å². The van der Waals surface area contributed by atoms with Crippen molar-refractivity contribution in [1.29, 1.82) is 0 Å². The number of hydrogen-bond donors (Lipinski definition) is 0. The first-order valence-electron chi connectivity index (χ1n) is 13.0. The van der Waals surface area contributed by atoms with Crippen LogP contribution in [-0.4, -0.2) is 0 Å². The minimum atomic E-state index is -5.17. The lowest BCUT2D eigenvalue weighted by molar-refractivity contribution is -0.142. The molecule has 1 aliphatic rings. The van der Waals surface area contributed by atoms with Crippen LogP contribution >= 0.6 is 0 Å². The van der Waals surface area contributed by atoms with Gasteiger partial charge in [0.15, 0.2) is 0 Å². The van der Waals surface area contributed by atoms with Crippen LogP contribution in [0.2, 0.25) is 0 Å². The molecule has 36 heavy (non-hydrogen) atoms. The van der Waals surface area contributed by atoms with Crippen LogP contribution in [0.5, 0.6) is 0 Å². The maximum Gasteiger partial charge on any atom is 0.422 e. The maximum atomic E-state index is 15.3. The van der Waals surface area contributed by atoms with Crippen LogP contribution in [0.15, 0.2) is 42.5 Å². The van der Waals surface area contributed by atoms with Gasteiger partial charge in [0.1, 0.15) is 23.0 Å². The van der Waals surface area contributed by atoms with Crippen molar-refractivity contribution in [2.45, 2.75) is 83.2 Å². The second-order valence-corrected chi connectivity index (χ2v) is 10.1. The van der Waals surface area contributed by atoms with Crippen molar-refractivity contribution >= 4 is 10.8 Å². The standard InChI is InChI=1S/C30H32F6/c1-2-3-4-5-6-7-19-8-10-20(11-9-19)21-12-14-24-22(16-21)13-15-25(29(24)33)23-17-26(31)28(27(32)18-23)30(34,35)36/h12-20H,2-11H2,1H3. The Morgan fingerprint density at radius 1 is 0.778 bits per heavy atom. The van der Waals surface area contributed by atoms with Crippen molar-refractivity contribution in [2.24, 2.45) is 5.92 Å². The molecular weight excluding hydrogens is 474 g/mol. The van der Waals surface area contributed by atoms with Gasteiger partial charge in [0.05, 0.1) is 0 Å². The fourth-order valence-electron chi connectivity index (χ4n) is 5.61. The number of rotatable bonds is 8. The SMILES string of the molecule is CCCCCCCC1CCC(c2ccc3c(F)c(-c4cc(F)c(C(F)(F)F)c(F)c4)ccc3c2)CC1. The van der Waals surface area contributed by atoms with E-state index in [4.69, 9.17) is 0 Å². The highest BCUT2D eigenvalue weighted by atomic mass is 19.4. The third-order valence-corrected chi connectivity index (χ3v) is 7.65. The summed E-state index contributed by atoms with van der Waals surface area (Å²) in [5.41, 5.74) is -1.22. The van der Waals surface area contributed by atoms with E-state index in [9.17, 15) is 22.0 Å². The van der Waals surface area contributed by atoms with E-state index in [-0.39, 0.29) is 16.5 Å². The lowest BCUT2D eigenvalue weighted by Gasteiger charge is -2.29. The van der Waals surface area contributed by atoms with E-state index in [0.717, 1.165) is 24.3 Å². The molecule has 0 saturated heterocycles. The molecule has 0 atom stereocenters. The molecule has 0 nitrogen and oxygen atoms in total. The topological polar surface area (TPSA) is 0 Å². The summed E-state index contributed by atoms with van der Waals surface area (Å²) >= 11 is 0.